The number of anilines is 2. The number of rotatable bonds is 19. The molecule has 0 saturated heterocycles. The van der Waals surface area contributed by atoms with Crippen LogP contribution < -0.4 is 48.8 Å². The number of halogens is 6. The van der Waals surface area contributed by atoms with Crippen LogP contribution in [0.25, 0.3) is 26.8 Å². The quantitative estimate of drug-likeness (QED) is 0.0361. The van der Waals surface area contributed by atoms with E-state index in [2.05, 4.69) is 25.1 Å². The third-order valence-corrected chi connectivity index (χ3v) is 11.2. The van der Waals surface area contributed by atoms with Crippen molar-refractivity contribution in [3.63, 3.8) is 0 Å². The fraction of sp³-hybridized carbons (Fsp3) is 0.463. The predicted octanol–water partition coefficient (Wildman–Crippen LogP) is 7.83. The average molecular weight is 952 g/mol. The molecule has 0 fully saturated rings. The van der Waals surface area contributed by atoms with Gasteiger partial charge in [-0.1, -0.05) is 55.8 Å². The third kappa shape index (κ3) is 14.4. The normalized spacial score (nSPS) is 11.1. The summed E-state index contributed by atoms with van der Waals surface area (Å²) in [4.78, 5) is 28.2. The van der Waals surface area contributed by atoms with Gasteiger partial charge in [0.1, 0.15) is 16.4 Å². The molecule has 4 aromatic heterocycles. The number of ether oxygens (including phenoxy) is 2. The molecule has 0 atom stereocenters. The molecule has 6 rings (SSSR count). The zero-order valence-electron chi connectivity index (χ0n) is 35.1. The standard InChI is InChI=1S/C20H21F3N4O2S.C20H22F3N3O4S.CH4.Na.H2O/c1-4-6-14-16(8-7-15-17(14)29-26-18(15)20(21,22)23)28-10-5-9-27(3)19-25-12-13(30-19)11-24-2;1-3-5-13-15(7-6-14-17(13)30-25-18(14)20(21,22)23)29-9-4-8-26(2)19-24-11-12(31-19)10-16(27)28;;;/h7-8,12H,4-6,9-11H2,1,3H3;6-7,11H,3-5,8-10H2,1-2H3,(H,27,28);1H4;;1H2/q;;;+1;/p-1. The predicted molar refractivity (Wildman–Crippen MR) is 227 cm³/mol. The number of benzene rings is 2. The van der Waals surface area contributed by atoms with Crippen molar-refractivity contribution in [2.24, 2.45) is 0 Å². The van der Waals surface area contributed by atoms with Gasteiger partial charge in [0.05, 0.1) is 36.6 Å². The summed E-state index contributed by atoms with van der Waals surface area (Å²) in [6.45, 7) is 13.2. The van der Waals surface area contributed by atoms with Crippen LogP contribution >= 0.6 is 22.7 Å². The van der Waals surface area contributed by atoms with E-state index in [1.165, 1.54) is 40.9 Å². The summed E-state index contributed by atoms with van der Waals surface area (Å²) in [5.41, 5.74) is -0.612. The van der Waals surface area contributed by atoms with Crippen LogP contribution in [0, 0.1) is 6.57 Å². The van der Waals surface area contributed by atoms with E-state index >= 15 is 0 Å². The summed E-state index contributed by atoms with van der Waals surface area (Å²) in [5, 5.41) is 16.7. The van der Waals surface area contributed by atoms with Gasteiger partial charge in [-0.15, -0.1) is 11.3 Å². The second-order valence-electron chi connectivity index (χ2n) is 13.7. The van der Waals surface area contributed by atoms with E-state index in [0.717, 1.165) is 16.4 Å². The molecule has 344 valence electrons. The van der Waals surface area contributed by atoms with E-state index in [1.807, 2.05) is 37.7 Å². The number of aliphatic carboxylic acids is 1. The summed E-state index contributed by atoms with van der Waals surface area (Å²) < 4.78 is 100. The number of hydrogen-bond acceptors (Lipinski definition) is 14. The monoisotopic (exact) mass is 951 g/mol. The van der Waals surface area contributed by atoms with Crippen molar-refractivity contribution in [1.29, 1.82) is 0 Å². The van der Waals surface area contributed by atoms with E-state index in [9.17, 15) is 31.1 Å². The van der Waals surface area contributed by atoms with Crippen LogP contribution in [0.1, 0.15) is 79.2 Å². The van der Waals surface area contributed by atoms with E-state index in [-0.39, 0.29) is 70.8 Å². The van der Waals surface area contributed by atoms with Crippen LogP contribution in [-0.4, -0.2) is 77.2 Å². The van der Waals surface area contributed by atoms with Gasteiger partial charge in [0.25, 0.3) is 0 Å². The number of thiazole rings is 2. The van der Waals surface area contributed by atoms with Gasteiger partial charge in [-0.3, -0.25) is 4.79 Å². The second kappa shape index (κ2) is 25.1. The number of aryl methyl sites for hydroxylation is 2. The third-order valence-electron chi connectivity index (χ3n) is 9.03. The maximum absolute atomic E-state index is 13.1. The Morgan fingerprint density at radius 1 is 0.781 bits per heavy atom. The minimum absolute atomic E-state index is 0. The Labute approximate surface area is 395 Å². The minimum Gasteiger partial charge on any atom is -0.870 e. The number of alkyl halides is 6. The molecule has 64 heavy (non-hydrogen) atoms. The maximum atomic E-state index is 13.1. The molecule has 14 nitrogen and oxygen atoms in total. The van der Waals surface area contributed by atoms with Crippen molar-refractivity contribution >= 4 is 60.8 Å². The number of nitrogens with zero attached hydrogens (tertiary/aromatic N) is 7. The number of carboxylic acids is 1. The Bertz CT molecular complexity index is 2430. The maximum Gasteiger partial charge on any atom is 1.00 e. The molecule has 4 heterocycles. The molecule has 2 N–H and O–H groups in total. The largest absolute Gasteiger partial charge is 1.00 e. The second-order valence-corrected chi connectivity index (χ2v) is 15.9. The molecule has 2 aromatic carbocycles. The Morgan fingerprint density at radius 3 is 1.59 bits per heavy atom. The molecule has 0 radical (unpaired) electrons. The molecule has 0 spiro atoms. The Kier molecular flexibility index (Phi) is 21.8. The number of carboxylic acid groups (broad SMARTS) is 1. The van der Waals surface area contributed by atoms with Gasteiger partial charge >= 0.3 is 47.9 Å². The SMILES string of the molecule is C.CCCc1c(OCCCN(C)c2ncc(CC(=O)O)s2)ccc2c(C(F)(F)F)noc12.[C-]#[N+]Cc1cnc(N(C)CCCOc2ccc3c(C(F)(F)F)noc3c2CCC)s1.[Na+].[OH-]. The van der Waals surface area contributed by atoms with Crippen molar-refractivity contribution in [3.05, 3.63) is 80.3 Å². The van der Waals surface area contributed by atoms with Crippen LogP contribution in [0.2, 0.25) is 0 Å². The van der Waals surface area contributed by atoms with Crippen LogP contribution in [0.4, 0.5) is 36.6 Å². The molecule has 0 saturated carbocycles. The first-order valence-corrected chi connectivity index (χ1v) is 20.8. The molecule has 0 aliphatic carbocycles. The van der Waals surface area contributed by atoms with Gasteiger partial charge in [0, 0.05) is 49.4 Å². The summed E-state index contributed by atoms with van der Waals surface area (Å²) in [5.74, 6) is 0.102. The summed E-state index contributed by atoms with van der Waals surface area (Å²) >= 11 is 2.80. The number of hydrogen-bond donors (Lipinski definition) is 1. The minimum atomic E-state index is -4.58. The molecule has 0 amide bonds. The van der Waals surface area contributed by atoms with Gasteiger partial charge in [0.2, 0.25) is 6.54 Å². The number of aromatic nitrogens is 4. The summed E-state index contributed by atoms with van der Waals surface area (Å²) in [6.07, 6.45) is -2.13. The van der Waals surface area contributed by atoms with Crippen LogP contribution in [0.15, 0.2) is 45.7 Å². The van der Waals surface area contributed by atoms with Crippen LogP contribution in [-0.2, 0) is 43.0 Å². The van der Waals surface area contributed by atoms with Gasteiger partial charge < -0.3 is 43.7 Å². The zero-order chi connectivity index (χ0) is 44.3. The average Bonchev–Trinajstić information content (AvgIpc) is 4.03. The van der Waals surface area contributed by atoms with Crippen LogP contribution in [0.5, 0.6) is 11.5 Å². The first-order chi connectivity index (χ1) is 29.0. The fourth-order valence-electron chi connectivity index (χ4n) is 6.22. The fourth-order valence-corrected chi connectivity index (χ4v) is 7.93. The molecule has 0 bridgehead atoms. The van der Waals surface area contributed by atoms with E-state index < -0.39 is 29.7 Å². The van der Waals surface area contributed by atoms with Crippen molar-refractivity contribution in [2.75, 3.05) is 50.2 Å². The van der Waals surface area contributed by atoms with Gasteiger partial charge in [0.15, 0.2) is 32.8 Å². The van der Waals surface area contributed by atoms with Gasteiger partial charge in [-0.05, 0) is 49.9 Å². The molecule has 23 heteroatoms. The molecule has 0 aliphatic heterocycles. The summed E-state index contributed by atoms with van der Waals surface area (Å²) in [7, 11) is 3.77. The van der Waals surface area contributed by atoms with Crippen molar-refractivity contribution in [2.45, 2.75) is 85.1 Å². The first-order valence-electron chi connectivity index (χ1n) is 19.1. The van der Waals surface area contributed by atoms with Gasteiger partial charge in [-0.2, -0.15) is 26.3 Å². The van der Waals surface area contributed by atoms with Gasteiger partial charge in [-0.25, -0.2) is 16.5 Å². The first kappa shape index (κ1) is 55.5. The topological polar surface area (TPSA) is 174 Å². The zero-order valence-corrected chi connectivity index (χ0v) is 38.7. The van der Waals surface area contributed by atoms with E-state index in [4.69, 9.17) is 30.2 Å². The van der Waals surface area contributed by atoms with Crippen molar-refractivity contribution in [3.8, 4) is 11.5 Å². The molecule has 0 aliphatic rings. The van der Waals surface area contributed by atoms with Crippen molar-refractivity contribution < 1.29 is 89.8 Å². The molecule has 0 unspecified atom stereocenters. The molecular weight excluding hydrogens is 904 g/mol. The number of fused-ring (bicyclic) bond motifs is 2. The number of carbonyl (C=O) groups is 1. The van der Waals surface area contributed by atoms with E-state index in [0.29, 0.717) is 97.6 Å². The Morgan fingerprint density at radius 2 is 1.20 bits per heavy atom. The smallest absolute Gasteiger partial charge is 0.870 e. The Balaban J connectivity index is 0.000000421. The molecule has 6 aromatic rings. The molecular formula is C41H48F6N7NaO7S2. The van der Waals surface area contributed by atoms with E-state index in [1.54, 1.807) is 18.5 Å². The Hall–Kier alpha value is -4.66. The summed E-state index contributed by atoms with van der Waals surface area (Å²) in [6, 6.07) is 5.77. The van der Waals surface area contributed by atoms with Crippen LogP contribution in [0.3, 0.4) is 0 Å². The van der Waals surface area contributed by atoms with Crippen molar-refractivity contribution in [1.82, 2.24) is 20.3 Å².